The van der Waals surface area contributed by atoms with Gasteiger partial charge in [0.2, 0.25) is 0 Å². The van der Waals surface area contributed by atoms with E-state index in [2.05, 4.69) is 47.6 Å². The Morgan fingerprint density at radius 2 is 1.62 bits per heavy atom. The summed E-state index contributed by atoms with van der Waals surface area (Å²) >= 11 is 0. The Morgan fingerprint density at radius 1 is 0.931 bits per heavy atom. The standard InChI is InChI=1S/C28H48O/c1-18(2)19(3)7-8-20(4)24-11-12-25-23-10-9-21-17-22(29)13-15-27(21,5)26(23)14-16-28(24,25)6/h10,18-22,24-26,29H,7-9,11-17H2,1-6H3/t19-,20-,21+,22-,24+,25-,26-,27+,28-/m1/s1. The first-order chi connectivity index (χ1) is 13.7. The Morgan fingerprint density at radius 3 is 2.34 bits per heavy atom. The number of rotatable bonds is 5. The Kier molecular flexibility index (Phi) is 6.04. The molecule has 1 nitrogen and oxygen atoms in total. The summed E-state index contributed by atoms with van der Waals surface area (Å²) in [5.41, 5.74) is 2.88. The molecule has 0 saturated heterocycles. The molecule has 0 aromatic rings. The Bertz CT molecular complexity index is 620. The summed E-state index contributed by atoms with van der Waals surface area (Å²) in [5, 5.41) is 10.2. The van der Waals surface area contributed by atoms with Crippen molar-refractivity contribution in [2.45, 2.75) is 112 Å². The maximum atomic E-state index is 10.2. The quantitative estimate of drug-likeness (QED) is 0.470. The normalized spacial score (nSPS) is 46.5. The lowest BCUT2D eigenvalue weighted by Gasteiger charge is -2.57. The van der Waals surface area contributed by atoms with Crippen molar-refractivity contribution in [1.82, 2.24) is 0 Å². The molecule has 29 heavy (non-hydrogen) atoms. The van der Waals surface area contributed by atoms with Gasteiger partial charge in [-0.15, -0.1) is 0 Å². The smallest absolute Gasteiger partial charge is 0.0543 e. The molecule has 4 rings (SSSR count). The molecule has 0 aromatic heterocycles. The molecule has 1 heteroatoms. The third-order valence-electron chi connectivity index (χ3n) is 11.0. The number of aliphatic hydroxyl groups is 1. The number of hydrogen-bond acceptors (Lipinski definition) is 1. The molecule has 166 valence electrons. The van der Waals surface area contributed by atoms with E-state index >= 15 is 0 Å². The summed E-state index contributed by atoms with van der Waals surface area (Å²) in [6, 6.07) is 0. The van der Waals surface area contributed by atoms with Gasteiger partial charge in [-0.1, -0.05) is 66.0 Å². The molecular formula is C28H48O. The maximum absolute atomic E-state index is 10.2. The second-order valence-electron chi connectivity index (χ2n) is 12.7. The number of aliphatic hydroxyl groups excluding tert-OH is 1. The first-order valence-corrected chi connectivity index (χ1v) is 13.0. The summed E-state index contributed by atoms with van der Waals surface area (Å²) < 4.78 is 0. The third kappa shape index (κ3) is 3.66. The fraction of sp³-hybridized carbons (Fsp3) is 0.929. The zero-order valence-electron chi connectivity index (χ0n) is 20.2. The van der Waals surface area contributed by atoms with Gasteiger partial charge in [0.25, 0.3) is 0 Å². The van der Waals surface area contributed by atoms with Gasteiger partial charge in [0.05, 0.1) is 6.10 Å². The van der Waals surface area contributed by atoms with Gasteiger partial charge in [0, 0.05) is 0 Å². The van der Waals surface area contributed by atoms with Crippen LogP contribution in [-0.4, -0.2) is 11.2 Å². The first kappa shape index (κ1) is 21.9. The largest absolute Gasteiger partial charge is 0.393 e. The van der Waals surface area contributed by atoms with E-state index in [0.717, 1.165) is 54.3 Å². The van der Waals surface area contributed by atoms with E-state index < -0.39 is 0 Å². The Hall–Kier alpha value is -0.300. The van der Waals surface area contributed by atoms with Crippen molar-refractivity contribution in [2.75, 3.05) is 0 Å². The van der Waals surface area contributed by atoms with E-state index in [0.29, 0.717) is 10.8 Å². The lowest BCUT2D eigenvalue weighted by atomic mass is 9.47. The SMILES string of the molecule is CC(C)[C@H](C)CC[C@@H](C)[C@@H]1CC[C@@H]2C3=CC[C@H]4C[C@H](O)CC[C@]4(C)[C@@H]3CC[C@@]21C. The first-order valence-electron chi connectivity index (χ1n) is 13.0. The predicted molar refractivity (Wildman–Crippen MR) is 124 cm³/mol. The van der Waals surface area contributed by atoms with Crippen LogP contribution in [0.25, 0.3) is 0 Å². The zero-order valence-corrected chi connectivity index (χ0v) is 20.2. The summed E-state index contributed by atoms with van der Waals surface area (Å²) in [6.45, 7) is 15.1. The minimum atomic E-state index is -0.0400. The van der Waals surface area contributed by atoms with Crippen LogP contribution >= 0.6 is 0 Å². The minimum Gasteiger partial charge on any atom is -0.393 e. The molecule has 0 aliphatic heterocycles. The van der Waals surface area contributed by atoms with Gasteiger partial charge in [-0.2, -0.15) is 0 Å². The average Bonchev–Trinajstić information content (AvgIpc) is 3.03. The molecule has 1 N–H and O–H groups in total. The van der Waals surface area contributed by atoms with Gasteiger partial charge in [0.1, 0.15) is 0 Å². The molecule has 0 unspecified atom stereocenters. The molecule has 3 fully saturated rings. The van der Waals surface area contributed by atoms with Gasteiger partial charge < -0.3 is 5.11 Å². The maximum Gasteiger partial charge on any atom is 0.0543 e. The van der Waals surface area contributed by atoms with Crippen LogP contribution in [0.5, 0.6) is 0 Å². The summed E-state index contributed by atoms with van der Waals surface area (Å²) in [7, 11) is 0. The number of fused-ring (bicyclic) bond motifs is 5. The molecule has 0 amide bonds. The highest BCUT2D eigenvalue weighted by Crippen LogP contribution is 2.67. The van der Waals surface area contributed by atoms with Crippen LogP contribution in [0, 0.1) is 52.3 Å². The van der Waals surface area contributed by atoms with Crippen LogP contribution in [0.3, 0.4) is 0 Å². The molecule has 0 radical (unpaired) electrons. The second kappa shape index (κ2) is 7.99. The van der Waals surface area contributed by atoms with Crippen LogP contribution < -0.4 is 0 Å². The van der Waals surface area contributed by atoms with Gasteiger partial charge in [-0.3, -0.25) is 0 Å². The van der Waals surface area contributed by atoms with E-state index in [-0.39, 0.29) is 6.10 Å². The molecule has 0 aromatic carbocycles. The molecule has 9 atom stereocenters. The van der Waals surface area contributed by atoms with Crippen LogP contribution in [0.15, 0.2) is 11.6 Å². The zero-order chi connectivity index (χ0) is 21.0. The monoisotopic (exact) mass is 400 g/mol. The minimum absolute atomic E-state index is 0.0400. The second-order valence-corrected chi connectivity index (χ2v) is 12.7. The van der Waals surface area contributed by atoms with Gasteiger partial charge >= 0.3 is 0 Å². The van der Waals surface area contributed by atoms with Crippen molar-refractivity contribution in [3.63, 3.8) is 0 Å². The number of allylic oxidation sites excluding steroid dienone is 2. The lowest BCUT2D eigenvalue weighted by Crippen LogP contribution is -2.49. The predicted octanol–water partition coefficient (Wildman–Crippen LogP) is 7.63. The van der Waals surface area contributed by atoms with Crippen LogP contribution in [0.1, 0.15) is 106 Å². The average molecular weight is 401 g/mol. The number of hydrogen-bond donors (Lipinski definition) is 1. The van der Waals surface area contributed by atoms with Crippen molar-refractivity contribution in [2.24, 2.45) is 52.3 Å². The molecule has 4 aliphatic rings. The Balaban J connectivity index is 1.50. The van der Waals surface area contributed by atoms with Crippen molar-refractivity contribution < 1.29 is 5.11 Å². The van der Waals surface area contributed by atoms with Crippen LogP contribution in [0.2, 0.25) is 0 Å². The highest BCUT2D eigenvalue weighted by molar-refractivity contribution is 5.27. The van der Waals surface area contributed by atoms with E-state index in [9.17, 15) is 5.11 Å². The van der Waals surface area contributed by atoms with E-state index in [1.165, 1.54) is 51.4 Å². The molecule has 3 saturated carbocycles. The molecule has 4 aliphatic carbocycles. The van der Waals surface area contributed by atoms with Crippen molar-refractivity contribution >= 4 is 0 Å². The highest BCUT2D eigenvalue weighted by Gasteiger charge is 2.58. The molecule has 0 spiro atoms. The van der Waals surface area contributed by atoms with Gasteiger partial charge in [0.15, 0.2) is 0 Å². The van der Waals surface area contributed by atoms with E-state index in [1.807, 2.05) is 5.57 Å². The van der Waals surface area contributed by atoms with Gasteiger partial charge in [-0.25, -0.2) is 0 Å². The van der Waals surface area contributed by atoms with Crippen LogP contribution in [0.4, 0.5) is 0 Å². The topological polar surface area (TPSA) is 20.2 Å². The summed E-state index contributed by atoms with van der Waals surface area (Å²) in [4.78, 5) is 0. The molecular weight excluding hydrogens is 352 g/mol. The fourth-order valence-electron chi connectivity index (χ4n) is 8.53. The van der Waals surface area contributed by atoms with Crippen molar-refractivity contribution in [3.8, 4) is 0 Å². The van der Waals surface area contributed by atoms with Crippen molar-refractivity contribution in [3.05, 3.63) is 11.6 Å². The Labute approximate surface area is 181 Å². The van der Waals surface area contributed by atoms with Gasteiger partial charge in [-0.05, 0) is 104 Å². The fourth-order valence-corrected chi connectivity index (χ4v) is 8.53. The van der Waals surface area contributed by atoms with E-state index in [4.69, 9.17) is 0 Å². The lowest BCUT2D eigenvalue weighted by molar-refractivity contribution is -0.0428. The molecule has 0 bridgehead atoms. The van der Waals surface area contributed by atoms with Crippen molar-refractivity contribution in [1.29, 1.82) is 0 Å². The summed E-state index contributed by atoms with van der Waals surface area (Å²) in [6.07, 6.45) is 15.8. The molecule has 0 heterocycles. The third-order valence-corrected chi connectivity index (χ3v) is 11.0. The van der Waals surface area contributed by atoms with E-state index in [1.54, 1.807) is 0 Å². The van der Waals surface area contributed by atoms with Crippen LogP contribution in [-0.2, 0) is 0 Å². The highest BCUT2D eigenvalue weighted by atomic mass is 16.3. The summed E-state index contributed by atoms with van der Waals surface area (Å²) in [5.74, 6) is 5.85.